The number of carbonyl (C=O) groups is 1. The quantitative estimate of drug-likeness (QED) is 0.483. The molecule has 0 heterocycles. The summed E-state index contributed by atoms with van der Waals surface area (Å²) in [6, 6.07) is 0.338. The Balaban J connectivity index is 3.61. The molecule has 0 saturated carbocycles. The lowest BCUT2D eigenvalue weighted by Crippen LogP contribution is -2.44. The first-order valence-corrected chi connectivity index (χ1v) is 5.94. The molecule has 5 N–H and O–H groups in total. The molecule has 0 bridgehead atoms. The Kier molecular flexibility index (Phi) is 6.73. The summed E-state index contributed by atoms with van der Waals surface area (Å²) in [5.74, 6) is 0. The average Bonchev–Trinajstić information content (AvgIpc) is 2.00. The molecule has 0 rings (SSSR count). The van der Waals surface area contributed by atoms with Gasteiger partial charge in [-0.05, 0) is 25.9 Å². The van der Waals surface area contributed by atoms with E-state index in [9.17, 15) is 4.79 Å². The van der Waals surface area contributed by atoms with Gasteiger partial charge in [0.1, 0.15) is 0 Å². The molecule has 0 aromatic carbocycles. The minimum Gasteiger partial charge on any atom is -0.401 e. The SMILES string of the molecule is CCO[SiH](CCCN)NC(N)=O. The van der Waals surface area contributed by atoms with Gasteiger partial charge in [0.25, 0.3) is 9.20 Å². The van der Waals surface area contributed by atoms with E-state index in [-0.39, 0.29) is 0 Å². The fourth-order valence-electron chi connectivity index (χ4n) is 0.860. The third-order valence-corrected chi connectivity index (χ3v) is 3.62. The minimum atomic E-state index is -1.61. The number of primary amides is 1. The van der Waals surface area contributed by atoms with E-state index in [4.69, 9.17) is 15.9 Å². The van der Waals surface area contributed by atoms with Crippen LogP contribution in [0.4, 0.5) is 4.79 Å². The number of nitrogens with one attached hydrogen (secondary N) is 1. The van der Waals surface area contributed by atoms with Gasteiger partial charge in [-0.15, -0.1) is 0 Å². The van der Waals surface area contributed by atoms with E-state index in [2.05, 4.69) is 4.98 Å². The largest absolute Gasteiger partial charge is 0.401 e. The van der Waals surface area contributed by atoms with Crippen molar-refractivity contribution < 1.29 is 9.22 Å². The normalized spacial score (nSPS) is 12.5. The van der Waals surface area contributed by atoms with E-state index >= 15 is 0 Å². The van der Waals surface area contributed by atoms with Crippen molar-refractivity contribution in [2.75, 3.05) is 13.2 Å². The molecule has 1 unspecified atom stereocenters. The summed E-state index contributed by atoms with van der Waals surface area (Å²) in [7, 11) is -1.61. The van der Waals surface area contributed by atoms with Gasteiger partial charge in [-0.2, -0.15) is 0 Å². The highest BCUT2D eigenvalue weighted by Gasteiger charge is 2.11. The summed E-state index contributed by atoms with van der Waals surface area (Å²) in [5, 5.41) is 0. The van der Waals surface area contributed by atoms with Gasteiger partial charge in [-0.3, -0.25) is 0 Å². The van der Waals surface area contributed by atoms with Gasteiger partial charge in [-0.1, -0.05) is 0 Å². The van der Waals surface area contributed by atoms with Crippen LogP contribution in [0.1, 0.15) is 13.3 Å². The highest BCUT2D eigenvalue weighted by atomic mass is 28.3. The van der Waals surface area contributed by atoms with Gasteiger partial charge >= 0.3 is 6.03 Å². The van der Waals surface area contributed by atoms with E-state index in [0.717, 1.165) is 12.5 Å². The Bertz CT molecular complexity index is 134. The van der Waals surface area contributed by atoms with Gasteiger partial charge in [0.2, 0.25) is 0 Å². The second-order valence-electron chi connectivity index (χ2n) is 2.38. The van der Waals surface area contributed by atoms with Crippen LogP contribution in [0.25, 0.3) is 0 Å². The van der Waals surface area contributed by atoms with E-state index in [1.54, 1.807) is 0 Å². The van der Waals surface area contributed by atoms with Crippen molar-refractivity contribution in [1.29, 1.82) is 0 Å². The van der Waals surface area contributed by atoms with Crippen LogP contribution in [0.5, 0.6) is 0 Å². The number of hydrogen-bond acceptors (Lipinski definition) is 3. The van der Waals surface area contributed by atoms with E-state index in [1.165, 1.54) is 0 Å². The molecule has 0 aromatic heterocycles. The molecule has 72 valence electrons. The zero-order valence-electron chi connectivity index (χ0n) is 7.38. The van der Waals surface area contributed by atoms with Crippen molar-refractivity contribution in [3.05, 3.63) is 0 Å². The molecular formula is C6H17N3O2Si. The topological polar surface area (TPSA) is 90.4 Å². The van der Waals surface area contributed by atoms with E-state index in [1.807, 2.05) is 6.92 Å². The van der Waals surface area contributed by atoms with E-state index in [0.29, 0.717) is 13.2 Å². The highest BCUT2D eigenvalue weighted by molar-refractivity contribution is 6.52. The number of amides is 2. The molecule has 0 aliphatic heterocycles. The summed E-state index contributed by atoms with van der Waals surface area (Å²) in [4.78, 5) is 13.1. The molecule has 6 heteroatoms. The van der Waals surface area contributed by atoms with Gasteiger partial charge in [-0.25, -0.2) is 4.79 Å². The Hall–Kier alpha value is -0.593. The Morgan fingerprint density at radius 3 is 2.75 bits per heavy atom. The van der Waals surface area contributed by atoms with Crippen LogP contribution in [0.3, 0.4) is 0 Å². The number of hydrogen-bond donors (Lipinski definition) is 3. The second-order valence-corrected chi connectivity index (χ2v) is 4.56. The lowest BCUT2D eigenvalue weighted by molar-refractivity contribution is 0.250. The van der Waals surface area contributed by atoms with Crippen LogP contribution >= 0.6 is 0 Å². The van der Waals surface area contributed by atoms with Gasteiger partial charge in [0.05, 0.1) is 0 Å². The molecule has 2 amide bonds. The molecule has 5 nitrogen and oxygen atoms in total. The predicted octanol–water partition coefficient (Wildman–Crippen LogP) is -0.739. The molecule has 0 aliphatic carbocycles. The Morgan fingerprint density at radius 1 is 1.67 bits per heavy atom. The summed E-state index contributed by atoms with van der Waals surface area (Å²) >= 11 is 0. The Morgan fingerprint density at radius 2 is 2.33 bits per heavy atom. The molecule has 0 aliphatic rings. The maximum Gasteiger partial charge on any atom is 0.305 e. The molecule has 12 heavy (non-hydrogen) atoms. The van der Waals surface area contributed by atoms with Crippen LogP contribution in [0, 0.1) is 0 Å². The third kappa shape index (κ3) is 6.14. The van der Waals surface area contributed by atoms with Crippen molar-refractivity contribution in [2.45, 2.75) is 19.4 Å². The van der Waals surface area contributed by atoms with E-state index < -0.39 is 15.2 Å². The molecule has 0 saturated heterocycles. The maximum atomic E-state index is 10.5. The van der Waals surface area contributed by atoms with Crippen LogP contribution in [0.15, 0.2) is 0 Å². The zero-order chi connectivity index (χ0) is 9.40. The lowest BCUT2D eigenvalue weighted by Gasteiger charge is -2.14. The number of rotatable bonds is 6. The number of urea groups is 1. The maximum absolute atomic E-state index is 10.5. The molecular weight excluding hydrogens is 174 g/mol. The molecule has 0 spiro atoms. The summed E-state index contributed by atoms with van der Waals surface area (Å²) in [5.41, 5.74) is 10.3. The molecule has 1 atom stereocenters. The van der Waals surface area contributed by atoms with Crippen molar-refractivity contribution in [1.82, 2.24) is 4.98 Å². The lowest BCUT2D eigenvalue weighted by atomic mass is 10.5. The summed E-state index contributed by atoms with van der Waals surface area (Å²) in [6.45, 7) is 3.13. The number of nitrogens with two attached hydrogens (primary N) is 2. The van der Waals surface area contributed by atoms with Crippen LogP contribution in [0.2, 0.25) is 6.04 Å². The first-order valence-electron chi connectivity index (χ1n) is 4.08. The fraction of sp³-hybridized carbons (Fsp3) is 0.833. The number of carbonyl (C=O) groups excluding carboxylic acids is 1. The van der Waals surface area contributed by atoms with Crippen molar-refractivity contribution in [2.24, 2.45) is 11.5 Å². The van der Waals surface area contributed by atoms with Gasteiger partial charge < -0.3 is 20.9 Å². The first kappa shape index (κ1) is 11.4. The summed E-state index contributed by atoms with van der Waals surface area (Å²) < 4.78 is 5.33. The summed E-state index contributed by atoms with van der Waals surface area (Å²) in [6.07, 6.45) is 0.872. The first-order chi connectivity index (χ1) is 5.70. The fourth-order valence-corrected chi connectivity index (χ4v) is 2.58. The van der Waals surface area contributed by atoms with Crippen LogP contribution in [-0.4, -0.2) is 28.4 Å². The average molecular weight is 191 g/mol. The van der Waals surface area contributed by atoms with Crippen LogP contribution in [-0.2, 0) is 4.43 Å². The standard InChI is InChI=1S/C6H17N3O2Si/c1-2-11-12(5-3-4-7)9-6(8)10/h12H,2-5,7H2,1H3,(H3,8,9,10). The minimum absolute atomic E-state index is 0.503. The second kappa shape index (κ2) is 7.08. The molecule has 0 radical (unpaired) electrons. The van der Waals surface area contributed by atoms with Crippen molar-refractivity contribution >= 4 is 15.2 Å². The molecule has 0 fully saturated rings. The highest BCUT2D eigenvalue weighted by Crippen LogP contribution is 1.94. The zero-order valence-corrected chi connectivity index (χ0v) is 8.53. The monoisotopic (exact) mass is 191 g/mol. The predicted molar refractivity (Wildman–Crippen MR) is 50.0 cm³/mol. The van der Waals surface area contributed by atoms with Gasteiger partial charge in [0, 0.05) is 6.61 Å². The van der Waals surface area contributed by atoms with Crippen molar-refractivity contribution in [3.8, 4) is 0 Å². The smallest absolute Gasteiger partial charge is 0.305 e. The van der Waals surface area contributed by atoms with Crippen LogP contribution < -0.4 is 16.4 Å². The van der Waals surface area contributed by atoms with Crippen molar-refractivity contribution in [3.63, 3.8) is 0 Å². The molecule has 0 aromatic rings. The Labute approximate surface area is 74.2 Å². The van der Waals surface area contributed by atoms with Gasteiger partial charge in [0.15, 0.2) is 0 Å². The third-order valence-electron chi connectivity index (χ3n) is 1.34.